The van der Waals surface area contributed by atoms with E-state index in [-0.39, 0.29) is 6.04 Å². The molecule has 6 heteroatoms. The van der Waals surface area contributed by atoms with Crippen LogP contribution in [-0.2, 0) is 19.3 Å². The molecule has 0 bridgehead atoms. The van der Waals surface area contributed by atoms with Crippen LogP contribution < -0.4 is 10.1 Å². The van der Waals surface area contributed by atoms with Crippen molar-refractivity contribution in [2.45, 2.75) is 39.2 Å². The Balaban J connectivity index is 1.64. The second-order valence-corrected chi connectivity index (χ2v) is 8.14. The van der Waals surface area contributed by atoms with Crippen molar-refractivity contribution in [3.8, 4) is 16.9 Å². The molecular weight excluding hydrogens is 425 g/mol. The van der Waals surface area contributed by atoms with Crippen LogP contribution in [0.15, 0.2) is 72.9 Å². The summed E-state index contributed by atoms with van der Waals surface area (Å²) in [6.07, 6.45) is -2.43. The van der Waals surface area contributed by atoms with Crippen molar-refractivity contribution >= 4 is 10.9 Å². The molecule has 1 unspecified atom stereocenters. The van der Waals surface area contributed by atoms with E-state index in [1.54, 1.807) is 13.2 Å². The number of aromatic nitrogens is 1. The van der Waals surface area contributed by atoms with Gasteiger partial charge in [-0.25, -0.2) is 0 Å². The predicted octanol–water partition coefficient (Wildman–Crippen LogP) is 7.21. The summed E-state index contributed by atoms with van der Waals surface area (Å²) < 4.78 is 47.2. The van der Waals surface area contributed by atoms with Gasteiger partial charge in [-0.1, -0.05) is 30.3 Å². The summed E-state index contributed by atoms with van der Waals surface area (Å²) in [6, 6.07) is 19.8. The summed E-state index contributed by atoms with van der Waals surface area (Å²) >= 11 is 0. The van der Waals surface area contributed by atoms with Gasteiger partial charge in [-0.05, 0) is 66.9 Å². The molecule has 4 rings (SSSR count). The fraction of sp³-hybridized carbons (Fsp3) is 0.259. The highest BCUT2D eigenvalue weighted by Gasteiger charge is 2.30. The first kappa shape index (κ1) is 22.9. The molecule has 1 atom stereocenters. The first-order valence-electron chi connectivity index (χ1n) is 11.0. The van der Waals surface area contributed by atoms with E-state index in [0.717, 1.165) is 46.0 Å². The van der Waals surface area contributed by atoms with Gasteiger partial charge in [0.25, 0.3) is 0 Å². The molecular formula is C27H27F3N2O. The fourth-order valence-corrected chi connectivity index (χ4v) is 4.11. The predicted molar refractivity (Wildman–Crippen MR) is 126 cm³/mol. The van der Waals surface area contributed by atoms with Crippen LogP contribution in [0.3, 0.4) is 0 Å². The van der Waals surface area contributed by atoms with Crippen molar-refractivity contribution in [2.75, 3.05) is 7.11 Å². The number of benzene rings is 3. The van der Waals surface area contributed by atoms with E-state index in [4.69, 9.17) is 4.74 Å². The van der Waals surface area contributed by atoms with Gasteiger partial charge in [0.15, 0.2) is 0 Å². The van der Waals surface area contributed by atoms with E-state index in [9.17, 15) is 13.2 Å². The molecule has 1 aromatic heterocycles. The molecule has 3 aromatic carbocycles. The molecule has 0 saturated carbocycles. The number of alkyl halides is 3. The molecule has 0 aliphatic rings. The summed E-state index contributed by atoms with van der Waals surface area (Å²) in [5.74, 6) is 0.814. The first-order chi connectivity index (χ1) is 15.8. The van der Waals surface area contributed by atoms with Gasteiger partial charge in [0.1, 0.15) is 5.75 Å². The Morgan fingerprint density at radius 1 is 1.00 bits per heavy atom. The Hall–Kier alpha value is -3.25. The van der Waals surface area contributed by atoms with Crippen LogP contribution in [0.25, 0.3) is 22.0 Å². The maximum absolute atomic E-state index is 13.3. The monoisotopic (exact) mass is 452 g/mol. The van der Waals surface area contributed by atoms with E-state index in [2.05, 4.69) is 35.0 Å². The fourth-order valence-electron chi connectivity index (χ4n) is 4.11. The van der Waals surface area contributed by atoms with Gasteiger partial charge in [0.2, 0.25) is 0 Å². The molecule has 0 aliphatic carbocycles. The molecule has 0 saturated heterocycles. The number of ether oxygens (including phenoxy) is 1. The van der Waals surface area contributed by atoms with Crippen LogP contribution in [0.4, 0.5) is 13.2 Å². The molecule has 0 aliphatic heterocycles. The van der Waals surface area contributed by atoms with E-state index < -0.39 is 11.7 Å². The lowest BCUT2D eigenvalue weighted by Gasteiger charge is -2.15. The molecule has 1 N–H and O–H groups in total. The molecule has 0 fully saturated rings. The Labute approximate surface area is 191 Å². The van der Waals surface area contributed by atoms with E-state index in [1.165, 1.54) is 12.1 Å². The Morgan fingerprint density at radius 3 is 2.52 bits per heavy atom. The number of fused-ring (bicyclic) bond motifs is 1. The van der Waals surface area contributed by atoms with Gasteiger partial charge < -0.3 is 14.6 Å². The average molecular weight is 453 g/mol. The van der Waals surface area contributed by atoms with Crippen LogP contribution in [0, 0.1) is 0 Å². The molecule has 4 aromatic rings. The Bertz CT molecular complexity index is 1260. The van der Waals surface area contributed by atoms with Crippen molar-refractivity contribution in [2.24, 2.45) is 0 Å². The first-order valence-corrected chi connectivity index (χ1v) is 11.0. The summed E-state index contributed by atoms with van der Waals surface area (Å²) in [5, 5.41) is 4.48. The maximum Gasteiger partial charge on any atom is 0.416 e. The maximum atomic E-state index is 13.3. The number of nitrogens with one attached hydrogen (secondary N) is 1. The van der Waals surface area contributed by atoms with Gasteiger partial charge in [-0.3, -0.25) is 0 Å². The standard InChI is InChI=1S/C27H27F3N2O/c1-4-32-17-25(21-8-5-9-22(14-21)27(28,29)30)24-13-19(11-12-26(24)32)16-31-18(2)20-7-6-10-23(15-20)33-3/h5-15,17-18,31H,4,16H2,1-3H3. The highest BCUT2D eigenvalue weighted by Crippen LogP contribution is 2.36. The normalized spacial score (nSPS) is 12.8. The third-order valence-electron chi connectivity index (χ3n) is 5.99. The van der Waals surface area contributed by atoms with Crippen molar-refractivity contribution < 1.29 is 17.9 Å². The van der Waals surface area contributed by atoms with Gasteiger partial charge in [-0.2, -0.15) is 13.2 Å². The molecule has 0 radical (unpaired) electrons. The minimum absolute atomic E-state index is 0.110. The third-order valence-corrected chi connectivity index (χ3v) is 5.99. The van der Waals surface area contributed by atoms with E-state index >= 15 is 0 Å². The highest BCUT2D eigenvalue weighted by molar-refractivity contribution is 5.96. The van der Waals surface area contributed by atoms with Crippen LogP contribution in [0.5, 0.6) is 5.75 Å². The Kier molecular flexibility index (Phi) is 6.47. The summed E-state index contributed by atoms with van der Waals surface area (Å²) in [4.78, 5) is 0. The summed E-state index contributed by atoms with van der Waals surface area (Å²) in [7, 11) is 1.65. The van der Waals surface area contributed by atoms with Crippen molar-refractivity contribution in [1.29, 1.82) is 0 Å². The van der Waals surface area contributed by atoms with Gasteiger partial charge in [-0.15, -0.1) is 0 Å². The SMILES string of the molecule is CCn1cc(-c2cccc(C(F)(F)F)c2)c2cc(CNC(C)c3cccc(OC)c3)ccc21. The topological polar surface area (TPSA) is 26.2 Å². The van der Waals surface area contributed by atoms with Crippen LogP contribution in [0.1, 0.15) is 36.6 Å². The lowest BCUT2D eigenvalue weighted by Crippen LogP contribution is -2.18. The van der Waals surface area contributed by atoms with Gasteiger partial charge >= 0.3 is 6.18 Å². The van der Waals surface area contributed by atoms with Crippen LogP contribution >= 0.6 is 0 Å². The van der Waals surface area contributed by atoms with Crippen molar-refractivity contribution in [3.05, 3.63) is 89.6 Å². The average Bonchev–Trinajstić information content (AvgIpc) is 3.20. The van der Waals surface area contributed by atoms with E-state index in [0.29, 0.717) is 12.1 Å². The number of hydrogen-bond acceptors (Lipinski definition) is 2. The number of rotatable bonds is 7. The second-order valence-electron chi connectivity index (χ2n) is 8.14. The summed E-state index contributed by atoms with van der Waals surface area (Å²) in [5.41, 5.74) is 3.94. The zero-order valence-corrected chi connectivity index (χ0v) is 18.9. The molecule has 33 heavy (non-hydrogen) atoms. The minimum Gasteiger partial charge on any atom is -0.497 e. The zero-order valence-electron chi connectivity index (χ0n) is 18.9. The lowest BCUT2D eigenvalue weighted by atomic mass is 10.0. The molecule has 0 spiro atoms. The molecule has 0 amide bonds. The molecule has 3 nitrogen and oxygen atoms in total. The van der Waals surface area contributed by atoms with Crippen LogP contribution in [0.2, 0.25) is 0 Å². The highest BCUT2D eigenvalue weighted by atomic mass is 19.4. The Morgan fingerprint density at radius 2 is 1.79 bits per heavy atom. The molecule has 172 valence electrons. The van der Waals surface area contributed by atoms with Gasteiger partial charge in [0, 0.05) is 41.8 Å². The number of methoxy groups -OCH3 is 1. The lowest BCUT2D eigenvalue weighted by molar-refractivity contribution is -0.137. The minimum atomic E-state index is -4.37. The quantitative estimate of drug-likeness (QED) is 0.321. The van der Waals surface area contributed by atoms with Crippen molar-refractivity contribution in [1.82, 2.24) is 9.88 Å². The number of aryl methyl sites for hydroxylation is 1. The van der Waals surface area contributed by atoms with E-state index in [1.807, 2.05) is 37.4 Å². The van der Waals surface area contributed by atoms with Crippen LogP contribution in [-0.4, -0.2) is 11.7 Å². The van der Waals surface area contributed by atoms with Gasteiger partial charge in [0.05, 0.1) is 12.7 Å². The largest absolute Gasteiger partial charge is 0.497 e. The number of nitrogens with zero attached hydrogens (tertiary/aromatic N) is 1. The number of hydrogen-bond donors (Lipinski definition) is 1. The second kappa shape index (κ2) is 9.32. The van der Waals surface area contributed by atoms with Crippen molar-refractivity contribution in [3.63, 3.8) is 0 Å². The zero-order chi connectivity index (χ0) is 23.6. The molecule has 1 heterocycles. The summed E-state index contributed by atoms with van der Waals surface area (Å²) in [6.45, 7) is 5.49. The third kappa shape index (κ3) is 4.91. The smallest absolute Gasteiger partial charge is 0.416 e. The number of halogens is 3.